The van der Waals surface area contributed by atoms with E-state index >= 15 is 0 Å². The van der Waals surface area contributed by atoms with Gasteiger partial charge in [0.25, 0.3) is 0 Å². The molecule has 0 aliphatic heterocycles. The highest BCUT2D eigenvalue weighted by atomic mass is 19.1. The van der Waals surface area contributed by atoms with Gasteiger partial charge < -0.3 is 9.72 Å². The number of aromatic amines is 1. The molecule has 0 unspecified atom stereocenters. The zero-order chi connectivity index (χ0) is 19.3. The number of ether oxygens (including phenoxy) is 1. The quantitative estimate of drug-likeness (QED) is 0.375. The third-order valence-electron chi connectivity index (χ3n) is 4.25. The molecule has 5 heteroatoms. The van der Waals surface area contributed by atoms with Crippen molar-refractivity contribution in [2.75, 3.05) is 0 Å². The molecule has 1 heterocycles. The number of hydrogen-bond acceptors (Lipinski definition) is 3. The number of halogens is 1. The Morgan fingerprint density at radius 1 is 1.00 bits per heavy atom. The summed E-state index contributed by atoms with van der Waals surface area (Å²) in [5.41, 5.74) is 3.37. The van der Waals surface area contributed by atoms with E-state index in [4.69, 9.17) is 4.74 Å². The predicted molar refractivity (Wildman–Crippen MR) is 107 cm³/mol. The van der Waals surface area contributed by atoms with Crippen molar-refractivity contribution in [2.24, 2.45) is 0 Å². The van der Waals surface area contributed by atoms with Crippen molar-refractivity contribution in [3.63, 3.8) is 0 Å². The number of para-hydroxylation sites is 2. The van der Waals surface area contributed by atoms with Gasteiger partial charge in [0.2, 0.25) is 5.78 Å². The van der Waals surface area contributed by atoms with Crippen molar-refractivity contribution in [1.29, 1.82) is 0 Å². The average Bonchev–Trinajstić information content (AvgIpc) is 3.17. The lowest BCUT2D eigenvalue weighted by molar-refractivity contribution is 0.103. The second kappa shape index (κ2) is 7.88. The number of ketones is 1. The molecule has 4 aromatic rings. The highest BCUT2D eigenvalue weighted by molar-refractivity contribution is 6.05. The van der Waals surface area contributed by atoms with Crippen molar-refractivity contribution in [3.05, 3.63) is 102 Å². The van der Waals surface area contributed by atoms with Crippen LogP contribution < -0.4 is 4.74 Å². The molecule has 0 fully saturated rings. The first-order valence-electron chi connectivity index (χ1n) is 8.82. The molecule has 0 atom stereocenters. The number of fused-ring (bicyclic) bond motifs is 1. The largest absolute Gasteiger partial charge is 0.489 e. The maximum absolute atomic E-state index is 12.9. The highest BCUT2D eigenvalue weighted by Crippen LogP contribution is 2.16. The zero-order valence-electron chi connectivity index (χ0n) is 14.9. The molecule has 4 nitrogen and oxygen atoms in total. The van der Waals surface area contributed by atoms with Gasteiger partial charge in [-0.15, -0.1) is 0 Å². The first-order valence-corrected chi connectivity index (χ1v) is 8.82. The van der Waals surface area contributed by atoms with Crippen molar-refractivity contribution < 1.29 is 13.9 Å². The number of allylic oxidation sites excluding steroid dienone is 1. The maximum atomic E-state index is 12.9. The second-order valence-corrected chi connectivity index (χ2v) is 6.28. The number of carbonyl (C=O) groups is 1. The minimum absolute atomic E-state index is 0.187. The molecular formula is C23H17FN2O2. The number of hydrogen-bond donors (Lipinski definition) is 1. The summed E-state index contributed by atoms with van der Waals surface area (Å²) in [6.07, 6.45) is 3.23. The number of H-pyrrole nitrogens is 1. The maximum Gasteiger partial charge on any atom is 0.221 e. The summed E-state index contributed by atoms with van der Waals surface area (Å²) in [7, 11) is 0. The molecule has 138 valence electrons. The smallest absolute Gasteiger partial charge is 0.221 e. The fourth-order valence-electron chi connectivity index (χ4n) is 2.74. The van der Waals surface area contributed by atoms with Gasteiger partial charge in [0, 0.05) is 0 Å². The van der Waals surface area contributed by atoms with Gasteiger partial charge in [0.1, 0.15) is 18.2 Å². The molecule has 0 aliphatic carbocycles. The van der Waals surface area contributed by atoms with Gasteiger partial charge in [-0.3, -0.25) is 4.79 Å². The van der Waals surface area contributed by atoms with E-state index in [-0.39, 0.29) is 11.6 Å². The fourth-order valence-corrected chi connectivity index (χ4v) is 2.74. The standard InChI is InChI=1S/C23H17FN2O2/c24-18-10-5-17(6-11-18)15-28-19-12-7-16(8-13-19)9-14-22(27)23-25-20-3-1-2-4-21(20)26-23/h1-14H,15H2,(H,25,26)/b14-9+. The minimum atomic E-state index is -0.267. The summed E-state index contributed by atoms with van der Waals surface area (Å²) >= 11 is 0. The van der Waals surface area contributed by atoms with Gasteiger partial charge in [0.05, 0.1) is 11.0 Å². The molecule has 0 saturated carbocycles. The van der Waals surface area contributed by atoms with Gasteiger partial charge >= 0.3 is 0 Å². The topological polar surface area (TPSA) is 55.0 Å². The van der Waals surface area contributed by atoms with Crippen molar-refractivity contribution in [2.45, 2.75) is 6.61 Å². The van der Waals surface area contributed by atoms with E-state index in [1.165, 1.54) is 18.2 Å². The van der Waals surface area contributed by atoms with E-state index in [1.54, 1.807) is 18.2 Å². The molecule has 0 aliphatic rings. The fraction of sp³-hybridized carbons (Fsp3) is 0.0435. The second-order valence-electron chi connectivity index (χ2n) is 6.28. The highest BCUT2D eigenvalue weighted by Gasteiger charge is 2.08. The van der Waals surface area contributed by atoms with Crippen LogP contribution in [0, 0.1) is 5.82 Å². The summed E-state index contributed by atoms with van der Waals surface area (Å²) < 4.78 is 18.6. The number of carbonyl (C=O) groups excluding carboxylic acids is 1. The van der Waals surface area contributed by atoms with Gasteiger partial charge in [0.15, 0.2) is 5.82 Å². The monoisotopic (exact) mass is 372 g/mol. The number of rotatable bonds is 6. The summed E-state index contributed by atoms with van der Waals surface area (Å²) in [4.78, 5) is 19.6. The van der Waals surface area contributed by atoms with E-state index < -0.39 is 0 Å². The number of imidazole rings is 1. The first kappa shape index (κ1) is 17.7. The van der Waals surface area contributed by atoms with E-state index in [0.29, 0.717) is 18.2 Å². The minimum Gasteiger partial charge on any atom is -0.489 e. The van der Waals surface area contributed by atoms with Gasteiger partial charge in [-0.05, 0) is 53.6 Å². The van der Waals surface area contributed by atoms with Crippen LogP contribution in [0.3, 0.4) is 0 Å². The lowest BCUT2D eigenvalue weighted by Gasteiger charge is -2.06. The van der Waals surface area contributed by atoms with Gasteiger partial charge in [-0.25, -0.2) is 9.37 Å². The molecular weight excluding hydrogens is 355 g/mol. The van der Waals surface area contributed by atoms with Crippen LogP contribution >= 0.6 is 0 Å². The van der Waals surface area contributed by atoms with E-state index in [1.807, 2.05) is 48.5 Å². The molecule has 1 N–H and O–H groups in total. The summed E-state index contributed by atoms with van der Waals surface area (Å²) in [6.45, 7) is 0.361. The van der Waals surface area contributed by atoms with Crippen LogP contribution in [0.15, 0.2) is 78.9 Å². The van der Waals surface area contributed by atoms with Crippen molar-refractivity contribution >= 4 is 22.9 Å². The predicted octanol–water partition coefficient (Wildman–Crippen LogP) is 5.18. The van der Waals surface area contributed by atoms with Crippen molar-refractivity contribution in [1.82, 2.24) is 9.97 Å². The molecule has 1 aromatic heterocycles. The van der Waals surface area contributed by atoms with E-state index in [2.05, 4.69) is 9.97 Å². The Morgan fingerprint density at radius 2 is 1.75 bits per heavy atom. The Hall–Kier alpha value is -3.73. The Bertz CT molecular complexity index is 1100. The third kappa shape index (κ3) is 4.15. The van der Waals surface area contributed by atoms with Crippen LogP contribution in [0.2, 0.25) is 0 Å². The summed E-state index contributed by atoms with van der Waals surface area (Å²) in [6, 6.07) is 21.1. The van der Waals surface area contributed by atoms with Crippen LogP contribution in [0.25, 0.3) is 17.1 Å². The van der Waals surface area contributed by atoms with Gasteiger partial charge in [-0.1, -0.05) is 42.5 Å². The SMILES string of the molecule is O=C(/C=C/c1ccc(OCc2ccc(F)cc2)cc1)c1nc2ccccc2[nH]1. The molecule has 0 saturated heterocycles. The summed E-state index contributed by atoms with van der Waals surface area (Å²) in [5, 5.41) is 0. The molecule has 0 spiro atoms. The Labute approximate surface area is 161 Å². The van der Waals surface area contributed by atoms with Gasteiger partial charge in [-0.2, -0.15) is 0 Å². The molecule has 28 heavy (non-hydrogen) atoms. The molecule has 0 radical (unpaired) electrons. The number of nitrogens with zero attached hydrogens (tertiary/aromatic N) is 1. The van der Waals surface area contributed by atoms with Crippen LogP contribution in [0.5, 0.6) is 5.75 Å². The lowest BCUT2D eigenvalue weighted by atomic mass is 10.2. The van der Waals surface area contributed by atoms with Crippen LogP contribution in [0.4, 0.5) is 4.39 Å². The molecule has 0 amide bonds. The lowest BCUT2D eigenvalue weighted by Crippen LogP contribution is -1.97. The molecule has 0 bridgehead atoms. The third-order valence-corrected chi connectivity index (χ3v) is 4.25. The van der Waals surface area contributed by atoms with Crippen molar-refractivity contribution in [3.8, 4) is 5.75 Å². The van der Waals surface area contributed by atoms with Crippen LogP contribution in [0.1, 0.15) is 21.7 Å². The Kier molecular flexibility index (Phi) is 4.97. The van der Waals surface area contributed by atoms with E-state index in [0.717, 1.165) is 22.2 Å². The van der Waals surface area contributed by atoms with Crippen LogP contribution in [-0.4, -0.2) is 15.8 Å². The first-order chi connectivity index (χ1) is 13.7. The summed E-state index contributed by atoms with van der Waals surface area (Å²) in [5.74, 6) is 0.562. The number of benzene rings is 3. The molecule has 4 rings (SSSR count). The normalized spacial score (nSPS) is 11.2. The van der Waals surface area contributed by atoms with Crippen LogP contribution in [-0.2, 0) is 6.61 Å². The van der Waals surface area contributed by atoms with E-state index in [9.17, 15) is 9.18 Å². The number of nitrogens with one attached hydrogen (secondary N) is 1. The molecule has 3 aromatic carbocycles. The Morgan fingerprint density at radius 3 is 2.50 bits per heavy atom. The number of aromatic nitrogens is 2. The zero-order valence-corrected chi connectivity index (χ0v) is 14.9. The average molecular weight is 372 g/mol. The Balaban J connectivity index is 1.38.